The molecular weight excluding hydrogens is 290 g/mol. The van der Waals surface area contributed by atoms with Crippen molar-refractivity contribution in [3.63, 3.8) is 0 Å². The Bertz CT molecular complexity index is 303. The maximum atomic E-state index is 11.7. The maximum Gasteiger partial charge on any atom is 0.221 e. The van der Waals surface area contributed by atoms with Crippen LogP contribution in [0.15, 0.2) is 0 Å². The highest BCUT2D eigenvalue weighted by Gasteiger charge is 2.34. The lowest BCUT2D eigenvalue weighted by molar-refractivity contribution is -0.121. The summed E-state index contributed by atoms with van der Waals surface area (Å²) >= 11 is 0. The van der Waals surface area contributed by atoms with Gasteiger partial charge in [-0.2, -0.15) is 0 Å². The molecule has 1 amide bonds. The van der Waals surface area contributed by atoms with Gasteiger partial charge in [-0.05, 0) is 12.8 Å². The van der Waals surface area contributed by atoms with Crippen molar-refractivity contribution in [3.8, 4) is 0 Å². The summed E-state index contributed by atoms with van der Waals surface area (Å²) in [6, 6.07) is 0. The van der Waals surface area contributed by atoms with Gasteiger partial charge in [0.15, 0.2) is 0 Å². The number of nitrogens with one attached hydrogen (secondary N) is 1. The van der Waals surface area contributed by atoms with Gasteiger partial charge in [-0.15, -0.1) is 12.4 Å². The van der Waals surface area contributed by atoms with Gasteiger partial charge in [-0.25, -0.2) is 0 Å². The third kappa shape index (κ3) is 6.10. The number of rotatable bonds is 6. The van der Waals surface area contributed by atoms with Gasteiger partial charge in [-0.3, -0.25) is 9.69 Å². The zero-order valence-corrected chi connectivity index (χ0v) is 13.8. The number of nitrogens with zero attached hydrogens (tertiary/aromatic N) is 1. The fraction of sp³-hybridized carbons (Fsp3) is 0.933. The van der Waals surface area contributed by atoms with Crippen molar-refractivity contribution >= 4 is 18.3 Å². The molecular formula is C15H30ClN3O2. The van der Waals surface area contributed by atoms with E-state index < -0.39 is 0 Å². The molecule has 0 aromatic heterocycles. The lowest BCUT2D eigenvalue weighted by Gasteiger charge is -2.42. The molecule has 1 saturated heterocycles. The molecule has 6 heteroatoms. The Morgan fingerprint density at radius 2 is 1.86 bits per heavy atom. The van der Waals surface area contributed by atoms with E-state index in [1.807, 2.05) is 0 Å². The highest BCUT2D eigenvalue weighted by molar-refractivity contribution is 5.85. The summed E-state index contributed by atoms with van der Waals surface area (Å²) in [5.41, 5.74) is 5.70. The van der Waals surface area contributed by atoms with Gasteiger partial charge in [0.05, 0.1) is 13.2 Å². The molecule has 0 bridgehead atoms. The zero-order valence-electron chi connectivity index (χ0n) is 12.9. The minimum atomic E-state index is 0. The molecule has 2 rings (SSSR count). The standard InChI is InChI=1S/C15H29N3O2.ClH/c16-7-4-14(19)17-12-15(5-2-1-3-6-15)13-18-8-10-20-11-9-18;/h1-13,16H2,(H,17,19);1H. The smallest absolute Gasteiger partial charge is 0.221 e. The number of carbonyl (C=O) groups excluding carboxylic acids is 1. The molecule has 0 radical (unpaired) electrons. The molecule has 1 aliphatic carbocycles. The highest BCUT2D eigenvalue weighted by Crippen LogP contribution is 2.36. The van der Waals surface area contributed by atoms with E-state index in [4.69, 9.17) is 10.5 Å². The molecule has 2 fully saturated rings. The van der Waals surface area contributed by atoms with Crippen LogP contribution in [0.1, 0.15) is 38.5 Å². The average molecular weight is 320 g/mol. The summed E-state index contributed by atoms with van der Waals surface area (Å²) in [4.78, 5) is 14.2. The Morgan fingerprint density at radius 1 is 1.19 bits per heavy atom. The second kappa shape index (κ2) is 9.62. The first-order chi connectivity index (χ1) is 9.74. The van der Waals surface area contributed by atoms with Crippen LogP contribution in [0.4, 0.5) is 0 Å². The molecule has 0 atom stereocenters. The Kier molecular flexibility index (Phi) is 8.56. The van der Waals surface area contributed by atoms with Crippen molar-refractivity contribution < 1.29 is 9.53 Å². The zero-order chi connectivity index (χ0) is 14.3. The van der Waals surface area contributed by atoms with Crippen LogP contribution in [-0.2, 0) is 9.53 Å². The minimum absolute atomic E-state index is 0. The number of halogens is 1. The van der Waals surface area contributed by atoms with Gasteiger partial charge in [0.25, 0.3) is 0 Å². The van der Waals surface area contributed by atoms with Crippen LogP contribution >= 0.6 is 12.4 Å². The van der Waals surface area contributed by atoms with Crippen molar-refractivity contribution in [2.24, 2.45) is 11.1 Å². The fourth-order valence-electron chi connectivity index (χ4n) is 3.43. The Hall–Kier alpha value is -0.360. The number of amides is 1. The van der Waals surface area contributed by atoms with E-state index in [9.17, 15) is 4.79 Å². The van der Waals surface area contributed by atoms with Gasteiger partial charge in [0, 0.05) is 44.6 Å². The van der Waals surface area contributed by atoms with Gasteiger partial charge < -0.3 is 15.8 Å². The third-order valence-corrected chi connectivity index (χ3v) is 4.61. The molecule has 5 nitrogen and oxygen atoms in total. The van der Waals surface area contributed by atoms with Crippen molar-refractivity contribution in [3.05, 3.63) is 0 Å². The van der Waals surface area contributed by atoms with E-state index in [0.29, 0.717) is 13.0 Å². The number of ether oxygens (including phenoxy) is 1. The first-order valence-corrected chi connectivity index (χ1v) is 8.01. The third-order valence-electron chi connectivity index (χ3n) is 4.61. The average Bonchev–Trinajstić information content (AvgIpc) is 2.48. The summed E-state index contributed by atoms with van der Waals surface area (Å²) in [6.07, 6.45) is 6.81. The number of hydrogen-bond donors (Lipinski definition) is 2. The van der Waals surface area contributed by atoms with Crippen LogP contribution in [0.25, 0.3) is 0 Å². The second-order valence-corrected chi connectivity index (χ2v) is 6.26. The van der Waals surface area contributed by atoms with Crippen LogP contribution in [0, 0.1) is 5.41 Å². The molecule has 3 N–H and O–H groups in total. The molecule has 0 spiro atoms. The summed E-state index contributed by atoms with van der Waals surface area (Å²) in [6.45, 7) is 6.08. The predicted molar refractivity (Wildman–Crippen MR) is 86.7 cm³/mol. The molecule has 1 aliphatic heterocycles. The normalized spacial score (nSPS) is 22.3. The molecule has 2 aliphatic rings. The fourth-order valence-corrected chi connectivity index (χ4v) is 3.43. The van der Waals surface area contributed by atoms with E-state index in [1.54, 1.807) is 0 Å². The maximum absolute atomic E-state index is 11.7. The Labute approximate surface area is 134 Å². The molecule has 0 aromatic rings. The monoisotopic (exact) mass is 319 g/mol. The van der Waals surface area contributed by atoms with Gasteiger partial charge >= 0.3 is 0 Å². The van der Waals surface area contributed by atoms with E-state index in [2.05, 4.69) is 10.2 Å². The van der Waals surface area contributed by atoms with E-state index in [1.165, 1.54) is 32.1 Å². The number of hydrogen-bond acceptors (Lipinski definition) is 4. The summed E-state index contributed by atoms with van der Waals surface area (Å²) in [5, 5.41) is 3.11. The molecule has 1 saturated carbocycles. The number of morpholine rings is 1. The quantitative estimate of drug-likeness (QED) is 0.771. The van der Waals surface area contributed by atoms with Crippen LogP contribution in [0.2, 0.25) is 0 Å². The number of carbonyl (C=O) groups is 1. The Morgan fingerprint density at radius 3 is 2.48 bits per heavy atom. The lowest BCUT2D eigenvalue weighted by Crippen LogP contribution is -2.49. The highest BCUT2D eigenvalue weighted by atomic mass is 35.5. The SMILES string of the molecule is Cl.NCCC(=O)NCC1(CN2CCOCC2)CCCCC1. The van der Waals surface area contributed by atoms with E-state index >= 15 is 0 Å². The van der Waals surface area contributed by atoms with Crippen molar-refractivity contribution in [2.45, 2.75) is 38.5 Å². The van der Waals surface area contributed by atoms with E-state index in [-0.39, 0.29) is 23.7 Å². The molecule has 0 unspecified atom stereocenters. The van der Waals surface area contributed by atoms with Crippen LogP contribution in [0.5, 0.6) is 0 Å². The lowest BCUT2D eigenvalue weighted by atomic mass is 9.73. The predicted octanol–water partition coefficient (Wildman–Crippen LogP) is 1.16. The molecule has 124 valence electrons. The first kappa shape index (κ1) is 18.7. The van der Waals surface area contributed by atoms with Crippen LogP contribution < -0.4 is 11.1 Å². The van der Waals surface area contributed by atoms with Crippen LogP contribution in [0.3, 0.4) is 0 Å². The first-order valence-electron chi connectivity index (χ1n) is 8.01. The number of nitrogens with two attached hydrogens (primary N) is 1. The topological polar surface area (TPSA) is 67.6 Å². The molecule has 0 aromatic carbocycles. The van der Waals surface area contributed by atoms with Crippen molar-refractivity contribution in [1.29, 1.82) is 0 Å². The van der Waals surface area contributed by atoms with Gasteiger partial charge in [-0.1, -0.05) is 19.3 Å². The minimum Gasteiger partial charge on any atom is -0.379 e. The summed E-state index contributed by atoms with van der Waals surface area (Å²) < 4.78 is 5.43. The van der Waals surface area contributed by atoms with Crippen LogP contribution in [-0.4, -0.2) is 56.7 Å². The van der Waals surface area contributed by atoms with Crippen molar-refractivity contribution in [1.82, 2.24) is 10.2 Å². The Balaban J connectivity index is 0.00000220. The van der Waals surface area contributed by atoms with Gasteiger partial charge in [0.1, 0.15) is 0 Å². The molecule has 1 heterocycles. The summed E-state index contributed by atoms with van der Waals surface area (Å²) in [5.74, 6) is 0.0967. The second-order valence-electron chi connectivity index (χ2n) is 6.26. The van der Waals surface area contributed by atoms with Crippen molar-refractivity contribution in [2.75, 3.05) is 45.9 Å². The molecule has 21 heavy (non-hydrogen) atoms. The van der Waals surface area contributed by atoms with E-state index in [0.717, 1.165) is 39.4 Å². The summed E-state index contributed by atoms with van der Waals surface area (Å²) in [7, 11) is 0. The largest absolute Gasteiger partial charge is 0.379 e. The van der Waals surface area contributed by atoms with Gasteiger partial charge in [0.2, 0.25) is 5.91 Å².